The summed E-state index contributed by atoms with van der Waals surface area (Å²) in [6.45, 7) is 6.45. The number of hydrogen-bond acceptors (Lipinski definition) is 5. The molecule has 0 aromatic heterocycles. The van der Waals surface area contributed by atoms with Crippen molar-refractivity contribution >= 4 is 35.0 Å². The number of nitrogens with zero attached hydrogens (tertiary/aromatic N) is 1. The van der Waals surface area contributed by atoms with Crippen molar-refractivity contribution in [3.8, 4) is 5.75 Å². The van der Waals surface area contributed by atoms with Crippen molar-refractivity contribution in [2.75, 3.05) is 16.8 Å². The third-order valence-electron chi connectivity index (χ3n) is 5.05. The Bertz CT molecular complexity index is 1190. The predicted molar refractivity (Wildman–Crippen MR) is 129 cm³/mol. The quantitative estimate of drug-likeness (QED) is 0.474. The van der Waals surface area contributed by atoms with Crippen LogP contribution in [0.15, 0.2) is 88.3 Å². The SMILES string of the molecule is CCOc1ccc(N2C(=O)C(Nc3ccc(C)cc3C)=C(Sc3ccccc3)C2=O)cc1. The molecule has 162 valence electrons. The molecule has 0 fully saturated rings. The molecule has 1 aliphatic heterocycles. The number of carbonyl (C=O) groups is 2. The van der Waals surface area contributed by atoms with Gasteiger partial charge < -0.3 is 10.1 Å². The third kappa shape index (κ3) is 4.41. The molecule has 0 saturated carbocycles. The van der Waals surface area contributed by atoms with E-state index in [1.807, 2.05) is 69.3 Å². The van der Waals surface area contributed by atoms with Gasteiger partial charge >= 0.3 is 0 Å². The fourth-order valence-electron chi connectivity index (χ4n) is 3.50. The van der Waals surface area contributed by atoms with E-state index in [9.17, 15) is 9.59 Å². The van der Waals surface area contributed by atoms with Crippen LogP contribution in [0.1, 0.15) is 18.1 Å². The predicted octanol–water partition coefficient (Wildman–Crippen LogP) is 5.69. The van der Waals surface area contributed by atoms with Crippen molar-refractivity contribution in [3.05, 3.63) is 94.5 Å². The minimum Gasteiger partial charge on any atom is -0.494 e. The van der Waals surface area contributed by atoms with E-state index in [0.29, 0.717) is 22.9 Å². The van der Waals surface area contributed by atoms with Gasteiger partial charge in [0, 0.05) is 10.6 Å². The normalized spacial score (nSPS) is 13.7. The molecule has 0 radical (unpaired) electrons. The van der Waals surface area contributed by atoms with E-state index < -0.39 is 0 Å². The molecule has 32 heavy (non-hydrogen) atoms. The number of nitrogens with one attached hydrogen (secondary N) is 1. The van der Waals surface area contributed by atoms with Crippen LogP contribution in [0, 0.1) is 13.8 Å². The lowest BCUT2D eigenvalue weighted by Crippen LogP contribution is -2.32. The zero-order chi connectivity index (χ0) is 22.7. The molecule has 0 spiro atoms. The molecule has 0 unspecified atom stereocenters. The van der Waals surface area contributed by atoms with Crippen LogP contribution in [0.25, 0.3) is 0 Å². The van der Waals surface area contributed by atoms with E-state index >= 15 is 0 Å². The average molecular weight is 445 g/mol. The van der Waals surface area contributed by atoms with Crippen molar-refractivity contribution in [3.63, 3.8) is 0 Å². The maximum Gasteiger partial charge on any atom is 0.283 e. The number of rotatable bonds is 7. The molecule has 4 rings (SSSR count). The van der Waals surface area contributed by atoms with Crippen molar-refractivity contribution < 1.29 is 14.3 Å². The third-order valence-corrected chi connectivity index (χ3v) is 6.14. The van der Waals surface area contributed by atoms with Crippen LogP contribution in [0.4, 0.5) is 11.4 Å². The second kappa shape index (κ2) is 9.32. The second-order valence-electron chi connectivity index (χ2n) is 7.44. The number of carbonyl (C=O) groups excluding carboxylic acids is 2. The van der Waals surface area contributed by atoms with Crippen molar-refractivity contribution in [1.29, 1.82) is 0 Å². The summed E-state index contributed by atoms with van der Waals surface area (Å²) in [6.07, 6.45) is 0. The Morgan fingerprint density at radius 3 is 2.28 bits per heavy atom. The van der Waals surface area contributed by atoms with Gasteiger partial charge in [-0.15, -0.1) is 0 Å². The molecular weight excluding hydrogens is 420 g/mol. The second-order valence-corrected chi connectivity index (χ2v) is 8.52. The number of ether oxygens (including phenoxy) is 1. The number of thioether (sulfide) groups is 1. The Labute approximate surface area is 192 Å². The lowest BCUT2D eigenvalue weighted by atomic mass is 10.1. The van der Waals surface area contributed by atoms with Gasteiger partial charge in [0.25, 0.3) is 11.8 Å². The number of amides is 2. The molecule has 1 aliphatic rings. The summed E-state index contributed by atoms with van der Waals surface area (Å²) in [5.74, 6) is -0.0336. The topological polar surface area (TPSA) is 58.6 Å². The Hall–Kier alpha value is -3.51. The Balaban J connectivity index is 1.72. The number of benzene rings is 3. The standard InChI is InChI=1S/C26H24N2O3S/c1-4-31-20-13-11-19(12-14-20)28-25(29)23(27-22-15-10-17(2)16-18(22)3)24(26(28)30)32-21-8-6-5-7-9-21/h5-16,27H,4H2,1-3H3. The minimum absolute atomic E-state index is 0.282. The zero-order valence-corrected chi connectivity index (χ0v) is 19.0. The molecule has 1 heterocycles. The maximum atomic E-state index is 13.5. The van der Waals surface area contributed by atoms with Crippen molar-refractivity contribution in [2.45, 2.75) is 25.7 Å². The summed E-state index contributed by atoms with van der Waals surface area (Å²) in [5, 5.41) is 3.24. The fourth-order valence-corrected chi connectivity index (χ4v) is 4.45. The smallest absolute Gasteiger partial charge is 0.283 e. The first-order valence-electron chi connectivity index (χ1n) is 10.4. The lowest BCUT2D eigenvalue weighted by molar-refractivity contribution is -0.120. The molecule has 3 aromatic carbocycles. The van der Waals surface area contributed by atoms with Crippen molar-refractivity contribution in [1.82, 2.24) is 0 Å². The maximum absolute atomic E-state index is 13.5. The number of aryl methyl sites for hydroxylation is 2. The Morgan fingerprint density at radius 1 is 0.906 bits per heavy atom. The average Bonchev–Trinajstić information content (AvgIpc) is 3.01. The summed E-state index contributed by atoms with van der Waals surface area (Å²) in [5.41, 5.74) is 3.72. The number of imide groups is 1. The summed E-state index contributed by atoms with van der Waals surface area (Å²) in [6, 6.07) is 22.5. The van der Waals surface area contributed by atoms with Gasteiger partial charge in [-0.2, -0.15) is 0 Å². The van der Waals surface area contributed by atoms with Crippen LogP contribution >= 0.6 is 11.8 Å². The minimum atomic E-state index is -0.377. The Morgan fingerprint density at radius 2 is 1.62 bits per heavy atom. The molecule has 0 atom stereocenters. The van der Waals surface area contributed by atoms with Crippen LogP contribution in [0.5, 0.6) is 5.75 Å². The molecule has 0 aliphatic carbocycles. The van der Waals surface area contributed by atoms with Crippen LogP contribution in [0.3, 0.4) is 0 Å². The monoisotopic (exact) mass is 444 g/mol. The van der Waals surface area contributed by atoms with Crippen LogP contribution in [-0.4, -0.2) is 18.4 Å². The van der Waals surface area contributed by atoms with Crippen LogP contribution < -0.4 is 15.0 Å². The van der Waals surface area contributed by atoms with E-state index in [1.54, 1.807) is 24.3 Å². The zero-order valence-electron chi connectivity index (χ0n) is 18.2. The summed E-state index contributed by atoms with van der Waals surface area (Å²) in [4.78, 5) is 29.3. The Kier molecular flexibility index (Phi) is 6.32. The highest BCUT2D eigenvalue weighted by Gasteiger charge is 2.40. The molecule has 5 nitrogen and oxygen atoms in total. The van der Waals surface area contributed by atoms with Gasteiger partial charge in [-0.1, -0.05) is 47.7 Å². The van der Waals surface area contributed by atoms with Gasteiger partial charge in [-0.05, 0) is 68.8 Å². The van der Waals surface area contributed by atoms with E-state index in [2.05, 4.69) is 5.32 Å². The highest BCUT2D eigenvalue weighted by molar-refractivity contribution is 8.04. The largest absolute Gasteiger partial charge is 0.494 e. The summed E-state index contributed by atoms with van der Waals surface area (Å²) in [7, 11) is 0. The first-order chi connectivity index (χ1) is 15.5. The van der Waals surface area contributed by atoms with Crippen LogP contribution in [0.2, 0.25) is 0 Å². The highest BCUT2D eigenvalue weighted by atomic mass is 32.2. The van der Waals surface area contributed by atoms with Gasteiger partial charge in [0.2, 0.25) is 0 Å². The molecule has 0 saturated heterocycles. The molecule has 1 N–H and O–H groups in total. The molecular formula is C26H24N2O3S. The molecule has 2 amide bonds. The van der Waals surface area contributed by atoms with Gasteiger partial charge in [0.15, 0.2) is 0 Å². The molecule has 3 aromatic rings. The first kappa shape index (κ1) is 21.7. The van der Waals surface area contributed by atoms with Crippen LogP contribution in [-0.2, 0) is 9.59 Å². The van der Waals surface area contributed by atoms with E-state index in [1.165, 1.54) is 16.7 Å². The van der Waals surface area contributed by atoms with E-state index in [4.69, 9.17) is 4.74 Å². The highest BCUT2D eigenvalue weighted by Crippen LogP contribution is 2.38. The number of hydrogen-bond donors (Lipinski definition) is 1. The lowest BCUT2D eigenvalue weighted by Gasteiger charge is -2.16. The van der Waals surface area contributed by atoms with Crippen molar-refractivity contribution in [2.24, 2.45) is 0 Å². The van der Waals surface area contributed by atoms with Gasteiger partial charge in [0.1, 0.15) is 16.4 Å². The molecule has 6 heteroatoms. The van der Waals surface area contributed by atoms with Gasteiger partial charge in [-0.25, -0.2) is 4.90 Å². The van der Waals surface area contributed by atoms with E-state index in [0.717, 1.165) is 21.7 Å². The first-order valence-corrected chi connectivity index (χ1v) is 11.2. The summed E-state index contributed by atoms with van der Waals surface area (Å²) >= 11 is 1.29. The van der Waals surface area contributed by atoms with Gasteiger partial charge in [-0.3, -0.25) is 9.59 Å². The van der Waals surface area contributed by atoms with E-state index in [-0.39, 0.29) is 17.5 Å². The van der Waals surface area contributed by atoms with Gasteiger partial charge in [0.05, 0.1) is 12.3 Å². The molecule has 0 bridgehead atoms. The summed E-state index contributed by atoms with van der Waals surface area (Å²) < 4.78 is 5.48. The fraction of sp³-hybridized carbons (Fsp3) is 0.154. The number of anilines is 2.